The van der Waals surface area contributed by atoms with Crippen molar-refractivity contribution in [3.63, 3.8) is 0 Å². The number of hydrogen-bond donors (Lipinski definition) is 1. The number of aromatic nitrogens is 2. The summed E-state index contributed by atoms with van der Waals surface area (Å²) in [4.78, 5) is 13.7. The van der Waals surface area contributed by atoms with Crippen molar-refractivity contribution < 1.29 is 23.8 Å². The number of thioether (sulfide) groups is 1. The third-order valence-corrected chi connectivity index (χ3v) is 7.52. The van der Waals surface area contributed by atoms with E-state index in [1.807, 2.05) is 0 Å². The van der Waals surface area contributed by atoms with Crippen LogP contribution >= 0.6 is 23.1 Å². The molecule has 2 aromatic heterocycles. The molecule has 0 radical (unpaired) electrons. The molecule has 10 heteroatoms. The van der Waals surface area contributed by atoms with Gasteiger partial charge in [0.2, 0.25) is 11.6 Å². The zero-order valence-electron chi connectivity index (χ0n) is 17.7. The Bertz CT molecular complexity index is 1160. The summed E-state index contributed by atoms with van der Waals surface area (Å²) in [5.41, 5.74) is 2.33. The molecule has 1 unspecified atom stereocenters. The van der Waals surface area contributed by atoms with Crippen LogP contribution in [0.5, 0.6) is 11.7 Å². The molecule has 4 rings (SSSR count). The number of nitriles is 1. The highest BCUT2D eigenvalue weighted by molar-refractivity contribution is 7.99. The van der Waals surface area contributed by atoms with Crippen LogP contribution in [0, 0.1) is 17.2 Å². The van der Waals surface area contributed by atoms with Gasteiger partial charge in [-0.1, -0.05) is 18.7 Å². The lowest BCUT2D eigenvalue weighted by Gasteiger charge is -2.17. The van der Waals surface area contributed by atoms with Crippen LogP contribution in [0.3, 0.4) is 0 Å². The minimum atomic E-state index is -0.557. The third kappa shape index (κ3) is 4.59. The van der Waals surface area contributed by atoms with Gasteiger partial charge in [0.15, 0.2) is 5.95 Å². The Morgan fingerprint density at radius 1 is 1.47 bits per heavy atom. The van der Waals surface area contributed by atoms with Gasteiger partial charge in [-0.05, 0) is 47.6 Å². The number of carbonyl (C=O) groups excluding carboxylic acids is 1. The number of nitrogens with one attached hydrogen (secondary N) is 1. The molecule has 0 aliphatic heterocycles. The minimum absolute atomic E-state index is 0.182. The Kier molecular flexibility index (Phi) is 6.67. The Labute approximate surface area is 193 Å². The van der Waals surface area contributed by atoms with Crippen LogP contribution in [-0.4, -0.2) is 24.0 Å². The van der Waals surface area contributed by atoms with Crippen LogP contribution in [0.4, 0.5) is 5.00 Å². The van der Waals surface area contributed by atoms with Crippen molar-refractivity contribution in [3.8, 4) is 23.5 Å². The molecule has 0 spiro atoms. The lowest BCUT2D eigenvalue weighted by Crippen LogP contribution is -2.34. The topological polar surface area (TPSA) is 115 Å². The Morgan fingerprint density at radius 3 is 2.97 bits per heavy atom. The van der Waals surface area contributed by atoms with Gasteiger partial charge in [0, 0.05) is 29.2 Å². The molecule has 8 nitrogen and oxygen atoms in total. The number of nitrogens with zero attached hydrogens (tertiary/aromatic N) is 3. The first-order valence-electron chi connectivity index (χ1n) is 10.2. The molecule has 1 aliphatic rings. The normalized spacial score (nSPS) is 15.1. The molecule has 1 aliphatic carbocycles. The van der Waals surface area contributed by atoms with Gasteiger partial charge in [0.1, 0.15) is 16.8 Å². The number of methoxy groups -OCH3 is 1. The molecule has 1 atom stereocenters. The van der Waals surface area contributed by atoms with E-state index in [9.17, 15) is 15.2 Å². The fourth-order valence-corrected chi connectivity index (χ4v) is 5.91. The molecule has 0 saturated carbocycles. The van der Waals surface area contributed by atoms with Crippen molar-refractivity contribution in [1.29, 1.82) is 5.26 Å². The lowest BCUT2D eigenvalue weighted by atomic mass is 9.89. The lowest BCUT2D eigenvalue weighted by molar-refractivity contribution is -0.705. The summed E-state index contributed by atoms with van der Waals surface area (Å²) in [6.07, 6.45) is 3.08. The molecule has 0 saturated heterocycles. The van der Waals surface area contributed by atoms with Crippen LogP contribution in [0.1, 0.15) is 35.8 Å². The number of ether oxygens (including phenoxy) is 1. The summed E-state index contributed by atoms with van der Waals surface area (Å²) >= 11 is 2.71. The molecule has 0 bridgehead atoms. The number of anilines is 1. The van der Waals surface area contributed by atoms with Crippen molar-refractivity contribution in [2.45, 2.75) is 37.6 Å². The van der Waals surface area contributed by atoms with Crippen LogP contribution in [0.15, 0.2) is 33.8 Å². The average Bonchev–Trinajstić information content (AvgIpc) is 3.32. The second-order valence-electron chi connectivity index (χ2n) is 7.59. The highest BCUT2D eigenvalue weighted by Gasteiger charge is 2.25. The maximum absolute atomic E-state index is 12.5. The number of thiophene rings is 1. The highest BCUT2D eigenvalue weighted by atomic mass is 32.2. The average molecular weight is 471 g/mol. The van der Waals surface area contributed by atoms with E-state index < -0.39 is 5.95 Å². The van der Waals surface area contributed by atoms with Gasteiger partial charge in [-0.25, -0.2) is 0 Å². The Morgan fingerprint density at radius 2 is 2.25 bits per heavy atom. The quantitative estimate of drug-likeness (QED) is 0.416. The summed E-state index contributed by atoms with van der Waals surface area (Å²) in [6, 6.07) is 9.31. The van der Waals surface area contributed by atoms with Crippen LogP contribution < -0.4 is 19.8 Å². The van der Waals surface area contributed by atoms with Crippen molar-refractivity contribution in [2.75, 3.05) is 18.2 Å². The summed E-state index contributed by atoms with van der Waals surface area (Å²) < 4.78 is 11.4. The predicted molar refractivity (Wildman–Crippen MR) is 118 cm³/mol. The maximum Gasteiger partial charge on any atom is 0.297 e. The smallest absolute Gasteiger partial charge is 0.297 e. The Balaban J connectivity index is 1.39. The van der Waals surface area contributed by atoms with E-state index in [1.165, 1.54) is 32.7 Å². The molecule has 32 heavy (non-hydrogen) atoms. The van der Waals surface area contributed by atoms with E-state index in [0.717, 1.165) is 24.8 Å². The Hall–Kier alpha value is -3.03. The van der Waals surface area contributed by atoms with Crippen molar-refractivity contribution >= 4 is 34.0 Å². The molecule has 166 valence electrons. The number of benzene rings is 1. The fourth-order valence-electron chi connectivity index (χ4n) is 3.64. The summed E-state index contributed by atoms with van der Waals surface area (Å²) in [5, 5.41) is 29.3. The zero-order chi connectivity index (χ0) is 22.7. The third-order valence-electron chi connectivity index (χ3n) is 5.33. The van der Waals surface area contributed by atoms with Crippen LogP contribution in [-0.2, 0) is 17.6 Å². The number of fused-ring (bicyclic) bond motifs is 1. The molecular weight excluding hydrogens is 448 g/mol. The standard InChI is InChI=1S/C22H22N4O4S2/c1-13-3-8-16-17(12-23)20(32-18(16)11-13)24-19(27)9-10-31-21-22(28)30-25-26(21)14-4-6-15(29-2)7-5-14/h4-7,13H,3,8-11H2,1-2H3,(H-,24,25,27,28). The van der Waals surface area contributed by atoms with Gasteiger partial charge < -0.3 is 19.7 Å². The predicted octanol–water partition coefficient (Wildman–Crippen LogP) is 3.21. The van der Waals surface area contributed by atoms with Crippen molar-refractivity contribution in [3.05, 3.63) is 40.3 Å². The van der Waals surface area contributed by atoms with E-state index in [1.54, 1.807) is 31.4 Å². The molecule has 3 aromatic rings. The van der Waals surface area contributed by atoms with Crippen molar-refractivity contribution in [2.24, 2.45) is 5.92 Å². The van der Waals surface area contributed by atoms with Crippen molar-refractivity contribution in [1.82, 2.24) is 5.27 Å². The number of amides is 1. The molecule has 2 heterocycles. The number of carbonyl (C=O) groups is 1. The van der Waals surface area contributed by atoms with Gasteiger partial charge in [0.25, 0.3) is 5.03 Å². The van der Waals surface area contributed by atoms with E-state index in [2.05, 4.69) is 23.6 Å². The summed E-state index contributed by atoms with van der Waals surface area (Å²) in [6.45, 7) is 2.21. The first-order valence-corrected chi connectivity index (χ1v) is 12.0. The fraction of sp³-hybridized carbons (Fsp3) is 0.364. The zero-order valence-corrected chi connectivity index (χ0v) is 19.3. The van der Waals surface area contributed by atoms with Crippen LogP contribution in [0.25, 0.3) is 5.69 Å². The second-order valence-corrected chi connectivity index (χ2v) is 9.78. The minimum Gasteiger partial charge on any atom is -0.538 e. The number of rotatable bonds is 7. The largest absolute Gasteiger partial charge is 0.538 e. The van der Waals surface area contributed by atoms with Crippen LogP contribution in [0.2, 0.25) is 0 Å². The highest BCUT2D eigenvalue weighted by Crippen LogP contribution is 2.39. The number of hydrogen-bond acceptors (Lipinski definition) is 8. The first kappa shape index (κ1) is 22.2. The molecule has 1 amide bonds. The van der Waals surface area contributed by atoms with Gasteiger partial charge in [-0.3, -0.25) is 4.79 Å². The van der Waals surface area contributed by atoms with E-state index in [4.69, 9.17) is 9.26 Å². The van der Waals surface area contributed by atoms with Gasteiger partial charge in [0.05, 0.1) is 17.9 Å². The summed E-state index contributed by atoms with van der Waals surface area (Å²) in [5.74, 6) is 0.892. The maximum atomic E-state index is 12.5. The van der Waals surface area contributed by atoms with Gasteiger partial charge in [-0.2, -0.15) is 5.26 Å². The second kappa shape index (κ2) is 9.63. The van der Waals surface area contributed by atoms with E-state index in [-0.39, 0.29) is 12.3 Å². The molecular formula is C22H22N4O4S2. The van der Waals surface area contributed by atoms with E-state index >= 15 is 0 Å². The molecule has 0 fully saturated rings. The van der Waals surface area contributed by atoms with E-state index in [0.29, 0.717) is 38.7 Å². The van der Waals surface area contributed by atoms with Gasteiger partial charge in [-0.15, -0.1) is 11.3 Å². The van der Waals surface area contributed by atoms with Gasteiger partial charge >= 0.3 is 0 Å². The molecule has 1 aromatic carbocycles. The monoisotopic (exact) mass is 470 g/mol. The first-order chi connectivity index (χ1) is 15.5. The molecule has 1 N–H and O–H groups in total. The SMILES string of the molecule is COc1ccc(-[n+]2noc([O-])c2SCCC(=O)Nc2sc3c(c2C#N)CCC(C)C3)cc1. The summed E-state index contributed by atoms with van der Waals surface area (Å²) in [7, 11) is 1.58.